The Balaban J connectivity index is 1.63. The maximum atomic E-state index is 5.46. The van der Waals surface area contributed by atoms with Crippen LogP contribution >= 0.6 is 0 Å². The first-order valence-electron chi connectivity index (χ1n) is 12.0. The van der Waals surface area contributed by atoms with Gasteiger partial charge in [-0.2, -0.15) is 0 Å². The van der Waals surface area contributed by atoms with Crippen molar-refractivity contribution in [1.29, 1.82) is 0 Å². The minimum Gasteiger partial charge on any atom is -0.497 e. The molecule has 2 atom stereocenters. The van der Waals surface area contributed by atoms with Crippen LogP contribution in [0, 0.1) is 18.3 Å². The predicted molar refractivity (Wildman–Crippen MR) is 139 cm³/mol. The van der Waals surface area contributed by atoms with E-state index in [1.165, 1.54) is 12.8 Å². The fourth-order valence-electron chi connectivity index (χ4n) is 4.58. The monoisotopic (exact) mass is 444 g/mol. The lowest BCUT2D eigenvalue weighted by atomic mass is 9.73. The molecule has 1 aromatic heterocycles. The zero-order chi connectivity index (χ0) is 23.4. The number of hydrogen-bond donors (Lipinski definition) is 2. The van der Waals surface area contributed by atoms with Crippen LogP contribution in [0.15, 0.2) is 54.6 Å². The molecule has 0 fully saturated rings. The van der Waals surface area contributed by atoms with E-state index in [1.807, 2.05) is 36.4 Å². The lowest BCUT2D eigenvalue weighted by Crippen LogP contribution is -2.31. The van der Waals surface area contributed by atoms with Gasteiger partial charge in [-0.05, 0) is 67.3 Å². The Hall–Kier alpha value is -3.08. The molecule has 1 aliphatic rings. The SMILES string of the molecule is COc1cc(C)cc(Nc2nc3ccccc3nc2NC2C=CC[C@@](C)(CCC(C)C)C2)c1. The fourth-order valence-corrected chi connectivity index (χ4v) is 4.58. The Kier molecular flexibility index (Phi) is 6.87. The quantitative estimate of drug-likeness (QED) is 0.358. The first-order valence-corrected chi connectivity index (χ1v) is 12.0. The van der Waals surface area contributed by atoms with Gasteiger partial charge in [0.15, 0.2) is 11.6 Å². The van der Waals surface area contributed by atoms with Crippen molar-refractivity contribution in [3.05, 3.63) is 60.2 Å². The number of aryl methyl sites for hydroxylation is 1. The van der Waals surface area contributed by atoms with Crippen molar-refractivity contribution in [2.24, 2.45) is 11.3 Å². The molecular weight excluding hydrogens is 408 g/mol. The fraction of sp³-hybridized carbons (Fsp3) is 0.429. The van der Waals surface area contributed by atoms with E-state index in [0.29, 0.717) is 5.41 Å². The van der Waals surface area contributed by atoms with Crippen LogP contribution in [0.4, 0.5) is 17.3 Å². The van der Waals surface area contributed by atoms with Crippen molar-refractivity contribution in [2.45, 2.75) is 59.4 Å². The van der Waals surface area contributed by atoms with Crippen LogP contribution < -0.4 is 15.4 Å². The molecule has 174 valence electrons. The summed E-state index contributed by atoms with van der Waals surface area (Å²) < 4.78 is 5.46. The van der Waals surface area contributed by atoms with Crippen molar-refractivity contribution in [3.8, 4) is 5.75 Å². The van der Waals surface area contributed by atoms with Gasteiger partial charge in [0.1, 0.15) is 5.75 Å². The summed E-state index contributed by atoms with van der Waals surface area (Å²) in [6.07, 6.45) is 9.33. The molecule has 4 rings (SSSR count). The van der Waals surface area contributed by atoms with Crippen LogP contribution in [0.1, 0.15) is 52.0 Å². The molecule has 3 aromatic rings. The molecule has 0 radical (unpaired) electrons. The van der Waals surface area contributed by atoms with Crippen LogP contribution in [0.25, 0.3) is 11.0 Å². The highest BCUT2D eigenvalue weighted by Crippen LogP contribution is 2.39. The number of hydrogen-bond acceptors (Lipinski definition) is 5. The number of rotatable bonds is 8. The van der Waals surface area contributed by atoms with E-state index in [1.54, 1.807) is 7.11 Å². The largest absolute Gasteiger partial charge is 0.497 e. The molecule has 33 heavy (non-hydrogen) atoms. The van der Waals surface area contributed by atoms with Gasteiger partial charge in [-0.1, -0.05) is 51.5 Å². The maximum absolute atomic E-state index is 5.46. The lowest BCUT2D eigenvalue weighted by molar-refractivity contribution is 0.240. The van der Waals surface area contributed by atoms with Crippen LogP contribution in [0.5, 0.6) is 5.75 Å². The summed E-state index contributed by atoms with van der Waals surface area (Å²) in [6, 6.07) is 14.3. The van der Waals surface area contributed by atoms with Gasteiger partial charge in [0.25, 0.3) is 0 Å². The van der Waals surface area contributed by atoms with Gasteiger partial charge in [-0.3, -0.25) is 0 Å². The molecule has 0 saturated heterocycles. The smallest absolute Gasteiger partial charge is 0.174 e. The molecule has 0 bridgehead atoms. The molecule has 2 aromatic carbocycles. The number of aromatic nitrogens is 2. The van der Waals surface area contributed by atoms with E-state index < -0.39 is 0 Å². The maximum Gasteiger partial charge on any atom is 0.174 e. The average Bonchev–Trinajstić information content (AvgIpc) is 2.78. The third kappa shape index (κ3) is 5.84. The molecule has 0 aliphatic heterocycles. The Bertz CT molecular complexity index is 1140. The first-order chi connectivity index (χ1) is 15.8. The van der Waals surface area contributed by atoms with Gasteiger partial charge in [0.05, 0.1) is 18.1 Å². The van der Waals surface area contributed by atoms with Crippen molar-refractivity contribution in [1.82, 2.24) is 9.97 Å². The van der Waals surface area contributed by atoms with Crippen LogP contribution in [0.2, 0.25) is 0 Å². The highest BCUT2D eigenvalue weighted by Gasteiger charge is 2.30. The van der Waals surface area contributed by atoms with Crippen molar-refractivity contribution in [2.75, 3.05) is 17.7 Å². The van der Waals surface area contributed by atoms with Gasteiger partial charge >= 0.3 is 0 Å². The van der Waals surface area contributed by atoms with E-state index in [2.05, 4.69) is 56.5 Å². The molecule has 1 aliphatic carbocycles. The summed E-state index contributed by atoms with van der Waals surface area (Å²) in [4.78, 5) is 9.87. The Morgan fingerprint density at radius 1 is 1.09 bits per heavy atom. The van der Waals surface area contributed by atoms with Gasteiger partial charge in [-0.15, -0.1) is 0 Å². The summed E-state index contributed by atoms with van der Waals surface area (Å²) in [5.74, 6) is 3.05. The van der Waals surface area contributed by atoms with Gasteiger partial charge in [0, 0.05) is 17.8 Å². The number of ether oxygens (including phenoxy) is 1. The summed E-state index contributed by atoms with van der Waals surface area (Å²) in [5.41, 5.74) is 4.11. The minimum atomic E-state index is 0.221. The predicted octanol–water partition coefficient (Wildman–Crippen LogP) is 7.26. The number of anilines is 3. The van der Waals surface area contributed by atoms with Gasteiger partial charge in [0.2, 0.25) is 0 Å². The van der Waals surface area contributed by atoms with E-state index in [9.17, 15) is 0 Å². The van der Waals surface area contributed by atoms with Crippen LogP contribution in [-0.4, -0.2) is 23.1 Å². The van der Waals surface area contributed by atoms with Crippen molar-refractivity contribution >= 4 is 28.4 Å². The van der Waals surface area contributed by atoms with E-state index in [0.717, 1.165) is 58.4 Å². The van der Waals surface area contributed by atoms with Gasteiger partial charge < -0.3 is 15.4 Å². The number of fused-ring (bicyclic) bond motifs is 1. The van der Waals surface area contributed by atoms with Gasteiger partial charge in [-0.25, -0.2) is 9.97 Å². The van der Waals surface area contributed by atoms with E-state index in [-0.39, 0.29) is 6.04 Å². The molecule has 2 N–H and O–H groups in total. The second-order valence-corrected chi connectivity index (χ2v) is 10.1. The topological polar surface area (TPSA) is 59.1 Å². The molecular formula is C28H36N4O. The number of para-hydroxylation sites is 2. The average molecular weight is 445 g/mol. The third-order valence-corrected chi connectivity index (χ3v) is 6.46. The highest BCUT2D eigenvalue weighted by molar-refractivity contribution is 5.82. The zero-order valence-electron chi connectivity index (χ0n) is 20.5. The molecule has 0 saturated carbocycles. The molecule has 1 unspecified atom stereocenters. The summed E-state index contributed by atoms with van der Waals surface area (Å²) >= 11 is 0. The first kappa shape index (κ1) is 23.1. The van der Waals surface area contributed by atoms with E-state index >= 15 is 0 Å². The summed E-state index contributed by atoms with van der Waals surface area (Å²) in [5, 5.41) is 7.18. The Morgan fingerprint density at radius 2 is 1.82 bits per heavy atom. The zero-order valence-corrected chi connectivity index (χ0v) is 20.5. The lowest BCUT2D eigenvalue weighted by Gasteiger charge is -2.36. The number of nitrogens with one attached hydrogen (secondary N) is 2. The van der Waals surface area contributed by atoms with E-state index in [4.69, 9.17) is 14.7 Å². The number of benzene rings is 2. The van der Waals surface area contributed by atoms with Crippen LogP contribution in [0.3, 0.4) is 0 Å². The molecule has 0 amide bonds. The standard InChI is InChI=1S/C28H36N4O/c1-19(2)12-14-28(4)13-8-9-21(18-28)29-26-27(32-25-11-7-6-10-24(25)31-26)30-22-15-20(3)16-23(17-22)33-5/h6-11,15-17,19,21H,12-14,18H2,1-5H3,(H,29,31)(H,30,32)/t21?,28-/m0/s1. The van der Waals surface area contributed by atoms with Crippen molar-refractivity contribution < 1.29 is 4.74 Å². The second-order valence-electron chi connectivity index (χ2n) is 10.1. The highest BCUT2D eigenvalue weighted by atomic mass is 16.5. The second kappa shape index (κ2) is 9.82. The molecule has 1 heterocycles. The van der Waals surface area contributed by atoms with Crippen LogP contribution in [-0.2, 0) is 0 Å². The summed E-state index contributed by atoms with van der Waals surface area (Å²) in [6.45, 7) is 9.09. The Labute approximate surface area is 197 Å². The molecule has 0 spiro atoms. The third-order valence-electron chi connectivity index (χ3n) is 6.46. The normalized spacial score (nSPS) is 20.2. The molecule has 5 heteroatoms. The van der Waals surface area contributed by atoms with Crippen molar-refractivity contribution in [3.63, 3.8) is 0 Å². The number of methoxy groups -OCH3 is 1. The summed E-state index contributed by atoms with van der Waals surface area (Å²) in [7, 11) is 1.69. The number of nitrogens with zero attached hydrogens (tertiary/aromatic N) is 2. The molecule has 5 nitrogen and oxygen atoms in total. The minimum absolute atomic E-state index is 0.221. The number of allylic oxidation sites excluding steroid dienone is 1. The Morgan fingerprint density at radius 3 is 2.52 bits per heavy atom.